The fourth-order valence-electron chi connectivity index (χ4n) is 3.33. The molecule has 0 saturated carbocycles. The molecule has 1 amide bonds. The highest BCUT2D eigenvalue weighted by Crippen LogP contribution is 2.21. The fourth-order valence-corrected chi connectivity index (χ4v) is 3.62. The van der Waals surface area contributed by atoms with E-state index in [0.717, 1.165) is 37.9 Å². The Balaban J connectivity index is 1.45. The predicted molar refractivity (Wildman–Crippen MR) is 118 cm³/mol. The highest BCUT2D eigenvalue weighted by atomic mass is 79.9. The van der Waals surface area contributed by atoms with Crippen molar-refractivity contribution in [3.05, 3.63) is 93.3 Å². The van der Waals surface area contributed by atoms with E-state index in [4.69, 9.17) is 0 Å². The van der Waals surface area contributed by atoms with Gasteiger partial charge in [-0.2, -0.15) is 5.10 Å². The maximum atomic E-state index is 12.7. The molecule has 2 heterocycles. The van der Waals surface area contributed by atoms with Crippen LogP contribution in [0, 0.1) is 13.8 Å². The zero-order valence-corrected chi connectivity index (χ0v) is 17.9. The van der Waals surface area contributed by atoms with Crippen molar-refractivity contribution in [3.8, 4) is 0 Å². The minimum atomic E-state index is -0.0901. The van der Waals surface area contributed by atoms with E-state index in [1.54, 1.807) is 6.20 Å². The summed E-state index contributed by atoms with van der Waals surface area (Å²) in [6.07, 6.45) is 1.78. The molecule has 5 nitrogen and oxygen atoms in total. The second kappa shape index (κ2) is 8.17. The Morgan fingerprint density at radius 1 is 1.07 bits per heavy atom. The van der Waals surface area contributed by atoms with E-state index in [-0.39, 0.29) is 5.91 Å². The Morgan fingerprint density at radius 2 is 1.93 bits per heavy atom. The largest absolute Gasteiger partial charge is 0.348 e. The van der Waals surface area contributed by atoms with Crippen LogP contribution in [0.4, 0.5) is 0 Å². The van der Waals surface area contributed by atoms with Crippen molar-refractivity contribution < 1.29 is 4.79 Å². The maximum Gasteiger partial charge on any atom is 0.251 e. The molecular formula is C23H21BrN4O. The van der Waals surface area contributed by atoms with Gasteiger partial charge in [0.25, 0.3) is 5.91 Å². The summed E-state index contributed by atoms with van der Waals surface area (Å²) in [7, 11) is 0. The molecule has 0 aliphatic rings. The summed E-state index contributed by atoms with van der Waals surface area (Å²) >= 11 is 3.56. The average molecular weight is 449 g/mol. The number of nitrogens with zero attached hydrogens (tertiary/aromatic N) is 3. The predicted octanol–water partition coefficient (Wildman–Crippen LogP) is 4.79. The van der Waals surface area contributed by atoms with E-state index in [1.807, 2.05) is 67.1 Å². The number of hydrogen-bond acceptors (Lipinski definition) is 3. The normalized spacial score (nSPS) is 11.0. The molecule has 4 rings (SSSR count). The van der Waals surface area contributed by atoms with E-state index >= 15 is 0 Å². The molecule has 0 saturated heterocycles. The first-order valence-electron chi connectivity index (χ1n) is 9.41. The smallest absolute Gasteiger partial charge is 0.251 e. The molecule has 4 aromatic rings. The number of hydrogen-bond donors (Lipinski definition) is 1. The molecule has 6 heteroatoms. The van der Waals surface area contributed by atoms with Gasteiger partial charge in [0.05, 0.1) is 27.9 Å². The van der Waals surface area contributed by atoms with Crippen LogP contribution in [0.1, 0.15) is 32.9 Å². The van der Waals surface area contributed by atoms with E-state index in [1.165, 1.54) is 0 Å². The lowest BCUT2D eigenvalue weighted by Crippen LogP contribution is -2.23. The number of amides is 1. The van der Waals surface area contributed by atoms with Crippen LogP contribution in [-0.2, 0) is 13.1 Å². The number of pyridine rings is 1. The Hall–Kier alpha value is -2.99. The first kappa shape index (κ1) is 19.3. The monoisotopic (exact) mass is 448 g/mol. The van der Waals surface area contributed by atoms with Gasteiger partial charge in [0.15, 0.2) is 0 Å². The topological polar surface area (TPSA) is 59.8 Å². The van der Waals surface area contributed by atoms with Crippen molar-refractivity contribution >= 4 is 32.7 Å². The van der Waals surface area contributed by atoms with Crippen LogP contribution < -0.4 is 5.32 Å². The Kier molecular flexibility index (Phi) is 5.45. The van der Waals surface area contributed by atoms with Gasteiger partial charge in [0, 0.05) is 23.7 Å². The number of nitrogens with one attached hydrogen (secondary N) is 1. The van der Waals surface area contributed by atoms with Gasteiger partial charge in [-0.15, -0.1) is 0 Å². The lowest BCUT2D eigenvalue weighted by Gasteiger charge is -2.09. The first-order valence-corrected chi connectivity index (χ1v) is 10.2. The number of fused-ring (bicyclic) bond motifs is 1. The molecule has 146 valence electrons. The summed E-state index contributed by atoms with van der Waals surface area (Å²) in [6.45, 7) is 5.09. The second-order valence-electron chi connectivity index (χ2n) is 7.06. The number of aromatic nitrogens is 3. The summed E-state index contributed by atoms with van der Waals surface area (Å²) in [6, 6.07) is 17.6. The standard InChI is InChI=1S/C23H21BrN4O/c1-15-22(24)16(2)28(27-15)14-18-5-3-6-20(12-18)23(29)26-13-17-8-9-21-19(11-17)7-4-10-25-21/h3-12H,13-14H2,1-2H3,(H,26,29). The molecule has 0 radical (unpaired) electrons. The number of aryl methyl sites for hydroxylation is 1. The lowest BCUT2D eigenvalue weighted by atomic mass is 10.1. The third kappa shape index (κ3) is 4.22. The van der Waals surface area contributed by atoms with Crippen LogP contribution in [-0.4, -0.2) is 20.7 Å². The van der Waals surface area contributed by atoms with Gasteiger partial charge in [-0.25, -0.2) is 0 Å². The van der Waals surface area contributed by atoms with Gasteiger partial charge in [0.1, 0.15) is 0 Å². The second-order valence-corrected chi connectivity index (χ2v) is 7.85. The Morgan fingerprint density at radius 3 is 2.72 bits per heavy atom. The van der Waals surface area contributed by atoms with Crippen molar-refractivity contribution in [1.29, 1.82) is 0 Å². The summed E-state index contributed by atoms with van der Waals surface area (Å²) in [5.41, 5.74) is 5.71. The summed E-state index contributed by atoms with van der Waals surface area (Å²) in [4.78, 5) is 17.0. The summed E-state index contributed by atoms with van der Waals surface area (Å²) in [5, 5.41) is 8.62. The van der Waals surface area contributed by atoms with Crippen LogP contribution in [0.3, 0.4) is 0 Å². The highest BCUT2D eigenvalue weighted by molar-refractivity contribution is 9.10. The van der Waals surface area contributed by atoms with Gasteiger partial charge in [-0.05, 0) is 71.2 Å². The van der Waals surface area contributed by atoms with Crippen LogP contribution in [0.15, 0.2) is 65.3 Å². The van der Waals surface area contributed by atoms with E-state index in [0.29, 0.717) is 18.7 Å². The molecule has 0 unspecified atom stereocenters. The van der Waals surface area contributed by atoms with Crippen LogP contribution >= 0.6 is 15.9 Å². The van der Waals surface area contributed by atoms with Crippen molar-refractivity contribution in [3.63, 3.8) is 0 Å². The van der Waals surface area contributed by atoms with Crippen molar-refractivity contribution in [2.24, 2.45) is 0 Å². The van der Waals surface area contributed by atoms with Gasteiger partial charge < -0.3 is 5.32 Å². The van der Waals surface area contributed by atoms with Gasteiger partial charge >= 0.3 is 0 Å². The molecule has 2 aromatic heterocycles. The van der Waals surface area contributed by atoms with Gasteiger partial charge in [0.2, 0.25) is 0 Å². The third-order valence-electron chi connectivity index (χ3n) is 4.94. The molecule has 0 aliphatic heterocycles. The zero-order valence-electron chi connectivity index (χ0n) is 16.3. The first-order chi connectivity index (χ1) is 14.0. The van der Waals surface area contributed by atoms with Crippen molar-refractivity contribution in [2.45, 2.75) is 26.9 Å². The molecule has 0 spiro atoms. The van der Waals surface area contributed by atoms with Crippen molar-refractivity contribution in [1.82, 2.24) is 20.1 Å². The molecule has 1 N–H and O–H groups in total. The minimum absolute atomic E-state index is 0.0901. The molecule has 0 fully saturated rings. The fraction of sp³-hybridized carbons (Fsp3) is 0.174. The number of halogens is 1. The van der Waals surface area contributed by atoms with Crippen molar-refractivity contribution in [2.75, 3.05) is 0 Å². The quantitative estimate of drug-likeness (QED) is 0.477. The molecule has 0 bridgehead atoms. The number of carbonyl (C=O) groups excluding carboxylic acids is 1. The highest BCUT2D eigenvalue weighted by Gasteiger charge is 2.11. The Bertz CT molecular complexity index is 1200. The lowest BCUT2D eigenvalue weighted by molar-refractivity contribution is 0.0951. The third-order valence-corrected chi connectivity index (χ3v) is 6.08. The SMILES string of the molecule is Cc1nn(Cc2cccc(C(=O)NCc3ccc4ncccc4c3)c2)c(C)c1Br. The number of benzene rings is 2. The van der Waals surface area contributed by atoms with Crippen LogP contribution in [0.25, 0.3) is 10.9 Å². The number of rotatable bonds is 5. The van der Waals surface area contributed by atoms with E-state index < -0.39 is 0 Å². The number of carbonyl (C=O) groups is 1. The maximum absolute atomic E-state index is 12.7. The Labute approximate surface area is 177 Å². The van der Waals surface area contributed by atoms with E-state index in [2.05, 4.69) is 37.4 Å². The van der Waals surface area contributed by atoms with Crippen LogP contribution in [0.5, 0.6) is 0 Å². The molecular weight excluding hydrogens is 428 g/mol. The van der Waals surface area contributed by atoms with Gasteiger partial charge in [-0.3, -0.25) is 14.5 Å². The molecule has 0 aliphatic carbocycles. The molecule has 29 heavy (non-hydrogen) atoms. The zero-order chi connectivity index (χ0) is 20.4. The summed E-state index contributed by atoms with van der Waals surface area (Å²) in [5.74, 6) is -0.0901. The minimum Gasteiger partial charge on any atom is -0.348 e. The molecule has 0 atom stereocenters. The van der Waals surface area contributed by atoms with Gasteiger partial charge in [-0.1, -0.05) is 24.3 Å². The van der Waals surface area contributed by atoms with Crippen LogP contribution in [0.2, 0.25) is 0 Å². The molecule has 2 aromatic carbocycles. The summed E-state index contributed by atoms with van der Waals surface area (Å²) < 4.78 is 2.97. The average Bonchev–Trinajstić information content (AvgIpc) is 2.98. The van der Waals surface area contributed by atoms with E-state index in [9.17, 15) is 4.79 Å².